The molecule has 8 N–H and O–H groups in total. The van der Waals surface area contributed by atoms with Crippen LogP contribution in [0.15, 0.2) is 84.9 Å². The van der Waals surface area contributed by atoms with Gasteiger partial charge in [0.1, 0.15) is 47.9 Å². The van der Waals surface area contributed by atoms with Crippen molar-refractivity contribution in [2.45, 2.75) is 30.7 Å². The standard InChI is InChI=1S/C36H32O14/c37-23-8-3-20(4-9-23)7-12-30(42)50-34-33(45)32(44)29(18-47-35(46)22-15-27(40)31(43)28(41)16-22)49-36(34)48-26-10-5-19(6-11-26)1-2-21-13-24(38)17-25(39)14-21/h1-17,29,32-34,36-41,43-45H,18H2/b2-1+,12-7+/t29-,32-,33+,34-,36-/m1/s1. The number of phenols is 6. The van der Waals surface area contributed by atoms with Gasteiger partial charge in [-0.1, -0.05) is 36.4 Å². The summed E-state index contributed by atoms with van der Waals surface area (Å²) in [6.07, 6.45) is -2.27. The molecule has 14 nitrogen and oxygen atoms in total. The van der Waals surface area contributed by atoms with E-state index in [-0.39, 0.29) is 28.6 Å². The van der Waals surface area contributed by atoms with E-state index in [2.05, 4.69) is 0 Å². The Bertz CT molecular complexity index is 1840. The Labute approximate surface area is 284 Å². The number of hydrogen-bond donors (Lipinski definition) is 8. The topological polar surface area (TPSA) is 233 Å². The van der Waals surface area contributed by atoms with Gasteiger partial charge in [0.25, 0.3) is 0 Å². The second-order valence-corrected chi connectivity index (χ2v) is 11.1. The van der Waals surface area contributed by atoms with Gasteiger partial charge in [0.2, 0.25) is 6.29 Å². The highest BCUT2D eigenvalue weighted by Crippen LogP contribution is 2.36. The van der Waals surface area contributed by atoms with Crippen LogP contribution in [0.4, 0.5) is 0 Å². The third kappa shape index (κ3) is 8.82. The average Bonchev–Trinajstić information content (AvgIpc) is 3.08. The molecular weight excluding hydrogens is 656 g/mol. The van der Waals surface area contributed by atoms with Crippen molar-refractivity contribution in [3.63, 3.8) is 0 Å². The molecule has 260 valence electrons. The van der Waals surface area contributed by atoms with E-state index in [0.29, 0.717) is 16.7 Å². The Kier molecular flexibility index (Phi) is 10.8. The molecule has 1 heterocycles. The molecule has 1 saturated heterocycles. The summed E-state index contributed by atoms with van der Waals surface area (Å²) < 4.78 is 22.4. The summed E-state index contributed by atoms with van der Waals surface area (Å²) >= 11 is 0. The first kappa shape index (κ1) is 35.1. The molecular formula is C36H32O14. The highest BCUT2D eigenvalue weighted by molar-refractivity contribution is 5.91. The lowest BCUT2D eigenvalue weighted by Gasteiger charge is -2.41. The average molecular weight is 689 g/mol. The molecule has 14 heteroatoms. The lowest BCUT2D eigenvalue weighted by molar-refractivity contribution is -0.281. The highest BCUT2D eigenvalue weighted by Gasteiger charge is 2.48. The molecule has 0 spiro atoms. The van der Waals surface area contributed by atoms with Crippen molar-refractivity contribution in [3.8, 4) is 40.2 Å². The second-order valence-electron chi connectivity index (χ2n) is 11.1. The minimum absolute atomic E-state index is 0.0293. The maximum atomic E-state index is 12.8. The number of esters is 2. The third-order valence-corrected chi connectivity index (χ3v) is 7.41. The first-order valence-corrected chi connectivity index (χ1v) is 15.0. The molecule has 0 aromatic heterocycles. The van der Waals surface area contributed by atoms with Crippen LogP contribution < -0.4 is 4.74 Å². The zero-order valence-electron chi connectivity index (χ0n) is 25.9. The van der Waals surface area contributed by atoms with Gasteiger partial charge < -0.3 is 59.8 Å². The number of rotatable bonds is 10. The number of aliphatic hydroxyl groups is 2. The van der Waals surface area contributed by atoms with Crippen molar-refractivity contribution in [3.05, 3.63) is 107 Å². The Morgan fingerprint density at radius 2 is 1.26 bits per heavy atom. The Morgan fingerprint density at radius 1 is 0.680 bits per heavy atom. The molecule has 5 atom stereocenters. The molecule has 0 bridgehead atoms. The SMILES string of the molecule is O=C(/C=C/c1ccc(O)cc1)O[C@H]1[C@H](Oc2ccc(/C=C/c3cc(O)cc(O)c3)cc2)O[C@H](COC(=O)c2cc(O)c(O)c(O)c2)[C@@H](O)[C@@H]1O. The number of phenolic OH excluding ortho intramolecular Hbond substituents is 6. The van der Waals surface area contributed by atoms with E-state index in [0.717, 1.165) is 18.2 Å². The van der Waals surface area contributed by atoms with Crippen molar-refractivity contribution in [2.75, 3.05) is 6.61 Å². The van der Waals surface area contributed by atoms with E-state index >= 15 is 0 Å². The molecule has 4 aromatic rings. The summed E-state index contributed by atoms with van der Waals surface area (Å²) in [7, 11) is 0. The van der Waals surface area contributed by atoms with Crippen molar-refractivity contribution in [1.29, 1.82) is 0 Å². The number of ether oxygens (including phenoxy) is 4. The van der Waals surface area contributed by atoms with Gasteiger partial charge in [0.05, 0.1) is 5.56 Å². The highest BCUT2D eigenvalue weighted by atomic mass is 16.7. The van der Waals surface area contributed by atoms with Crippen LogP contribution in [0.5, 0.6) is 40.2 Å². The van der Waals surface area contributed by atoms with Gasteiger partial charge >= 0.3 is 11.9 Å². The van der Waals surface area contributed by atoms with Gasteiger partial charge in [-0.15, -0.1) is 0 Å². The maximum absolute atomic E-state index is 12.8. The van der Waals surface area contributed by atoms with E-state index < -0.39 is 66.5 Å². The molecule has 0 radical (unpaired) electrons. The first-order valence-electron chi connectivity index (χ1n) is 15.0. The fourth-order valence-electron chi connectivity index (χ4n) is 4.85. The van der Waals surface area contributed by atoms with Crippen LogP contribution in [-0.4, -0.2) is 90.1 Å². The summed E-state index contributed by atoms with van der Waals surface area (Å²) in [4.78, 5) is 25.4. The smallest absolute Gasteiger partial charge is 0.338 e. The largest absolute Gasteiger partial charge is 0.508 e. The second kappa shape index (κ2) is 15.3. The van der Waals surface area contributed by atoms with Crippen LogP contribution in [0.1, 0.15) is 27.0 Å². The normalized spacial score (nSPS) is 20.5. The molecule has 50 heavy (non-hydrogen) atoms. The number of aliphatic hydroxyl groups excluding tert-OH is 2. The summed E-state index contributed by atoms with van der Waals surface area (Å²) in [5.74, 6) is -4.39. The summed E-state index contributed by atoms with van der Waals surface area (Å²) in [5, 5.41) is 79.8. The minimum atomic E-state index is -1.80. The maximum Gasteiger partial charge on any atom is 0.338 e. The number of carbonyl (C=O) groups excluding carboxylic acids is 2. The first-order chi connectivity index (χ1) is 23.9. The molecule has 1 aliphatic rings. The summed E-state index contributed by atoms with van der Waals surface area (Å²) in [6, 6.07) is 18.2. The number of aromatic hydroxyl groups is 6. The Morgan fingerprint density at radius 3 is 1.90 bits per heavy atom. The van der Waals surface area contributed by atoms with Crippen LogP contribution in [0.2, 0.25) is 0 Å². The van der Waals surface area contributed by atoms with Crippen LogP contribution in [0.3, 0.4) is 0 Å². The fourth-order valence-corrected chi connectivity index (χ4v) is 4.85. The van der Waals surface area contributed by atoms with Crippen LogP contribution in [0.25, 0.3) is 18.2 Å². The lowest BCUT2D eigenvalue weighted by Crippen LogP contribution is -2.61. The van der Waals surface area contributed by atoms with E-state index in [9.17, 15) is 50.4 Å². The van der Waals surface area contributed by atoms with Crippen LogP contribution >= 0.6 is 0 Å². The fraction of sp³-hybridized carbons (Fsp3) is 0.167. The lowest BCUT2D eigenvalue weighted by atomic mass is 9.99. The van der Waals surface area contributed by atoms with Crippen LogP contribution in [-0.2, 0) is 19.0 Å². The van der Waals surface area contributed by atoms with Crippen molar-refractivity contribution >= 4 is 30.2 Å². The van der Waals surface area contributed by atoms with Gasteiger partial charge in [-0.05, 0) is 71.3 Å². The molecule has 0 unspecified atom stereocenters. The van der Waals surface area contributed by atoms with Gasteiger partial charge in [-0.2, -0.15) is 0 Å². The van der Waals surface area contributed by atoms with Crippen LogP contribution in [0, 0.1) is 0 Å². The summed E-state index contributed by atoms with van der Waals surface area (Å²) in [6.45, 7) is -0.658. The molecule has 4 aromatic carbocycles. The molecule has 0 saturated carbocycles. The third-order valence-electron chi connectivity index (χ3n) is 7.41. The van der Waals surface area contributed by atoms with E-state index in [1.54, 1.807) is 48.6 Å². The Balaban J connectivity index is 1.32. The van der Waals surface area contributed by atoms with Gasteiger partial charge in [-0.3, -0.25) is 0 Å². The predicted octanol–water partition coefficient (Wildman–Crippen LogP) is 3.40. The van der Waals surface area contributed by atoms with E-state index in [1.165, 1.54) is 36.4 Å². The number of carbonyl (C=O) groups is 2. The number of benzene rings is 4. The van der Waals surface area contributed by atoms with Crippen molar-refractivity contribution < 1.29 is 69.4 Å². The monoisotopic (exact) mass is 688 g/mol. The zero-order valence-corrected chi connectivity index (χ0v) is 25.9. The van der Waals surface area contributed by atoms with Gasteiger partial charge in [0.15, 0.2) is 23.4 Å². The quantitative estimate of drug-likeness (QED) is 0.0517. The minimum Gasteiger partial charge on any atom is -0.508 e. The van der Waals surface area contributed by atoms with Gasteiger partial charge in [0, 0.05) is 12.1 Å². The number of hydrogen-bond acceptors (Lipinski definition) is 14. The Hall–Kier alpha value is -6.22. The van der Waals surface area contributed by atoms with Crippen molar-refractivity contribution in [2.24, 2.45) is 0 Å². The molecule has 0 amide bonds. The van der Waals surface area contributed by atoms with Crippen molar-refractivity contribution in [1.82, 2.24) is 0 Å². The van der Waals surface area contributed by atoms with E-state index in [1.807, 2.05) is 0 Å². The molecule has 0 aliphatic carbocycles. The van der Waals surface area contributed by atoms with Gasteiger partial charge in [-0.25, -0.2) is 9.59 Å². The predicted molar refractivity (Wildman–Crippen MR) is 175 cm³/mol. The molecule has 5 rings (SSSR count). The van der Waals surface area contributed by atoms with E-state index in [4.69, 9.17) is 18.9 Å². The molecule has 1 aliphatic heterocycles. The zero-order chi connectivity index (χ0) is 35.9. The molecule has 1 fully saturated rings. The summed E-state index contributed by atoms with van der Waals surface area (Å²) in [5.41, 5.74) is 1.46.